The minimum Gasteiger partial charge on any atom is -1.00 e. The van der Waals surface area contributed by atoms with Crippen LogP contribution >= 0.6 is 0 Å². The Morgan fingerprint density at radius 1 is 1.24 bits per heavy atom. The Morgan fingerprint density at radius 2 is 1.86 bits per heavy atom. The average Bonchev–Trinajstić information content (AvgIpc) is 2.57. The zero-order chi connectivity index (χ0) is 15.1. The van der Waals surface area contributed by atoms with Gasteiger partial charge < -0.3 is 6.16 Å². The van der Waals surface area contributed by atoms with Crippen molar-refractivity contribution in [2.24, 2.45) is 0 Å². The van der Waals surface area contributed by atoms with Crippen LogP contribution < -0.4 is 34.3 Å². The van der Waals surface area contributed by atoms with Gasteiger partial charge in [0, 0.05) is 11.1 Å². The maximum Gasteiger partial charge on any atom is 1.00 e. The first-order chi connectivity index (χ1) is 9.25. The molecule has 0 aliphatic heterocycles. The van der Waals surface area contributed by atoms with Crippen molar-refractivity contribution < 1.29 is 48.7 Å². The molecule has 0 fully saturated rings. The SMILES string of the molecule is COc1ccc(C(C)C)cc2c(S(=O)(=O)O)cc(C)c1-2.[H-].[Na+]. The molecular weight excluding hydrogens is 299 g/mol. The van der Waals surface area contributed by atoms with Gasteiger partial charge in [0.05, 0.1) is 7.11 Å². The molecule has 0 aromatic heterocycles. The Hall–Kier alpha value is -0.590. The molecule has 6 heteroatoms. The van der Waals surface area contributed by atoms with Crippen molar-refractivity contribution in [1.29, 1.82) is 0 Å². The smallest absolute Gasteiger partial charge is 1.00 e. The van der Waals surface area contributed by atoms with Crippen molar-refractivity contribution in [2.75, 3.05) is 7.11 Å². The van der Waals surface area contributed by atoms with E-state index in [1.807, 2.05) is 26.0 Å². The van der Waals surface area contributed by atoms with Crippen molar-refractivity contribution in [3.8, 4) is 16.9 Å². The van der Waals surface area contributed by atoms with Crippen molar-refractivity contribution in [2.45, 2.75) is 31.6 Å². The van der Waals surface area contributed by atoms with Crippen LogP contribution in [-0.4, -0.2) is 20.1 Å². The monoisotopic (exact) mass is 318 g/mol. The van der Waals surface area contributed by atoms with Crippen LogP contribution in [0.5, 0.6) is 5.75 Å². The van der Waals surface area contributed by atoms with Crippen molar-refractivity contribution in [3.63, 3.8) is 0 Å². The van der Waals surface area contributed by atoms with E-state index in [2.05, 4.69) is 0 Å². The Balaban J connectivity index is 0.00000220. The maximum absolute atomic E-state index is 11.6. The minimum atomic E-state index is -4.26. The third-order valence-corrected chi connectivity index (χ3v) is 4.32. The second-order valence-electron chi connectivity index (χ2n) is 5.16. The van der Waals surface area contributed by atoms with E-state index in [-0.39, 0.29) is 41.8 Å². The van der Waals surface area contributed by atoms with Gasteiger partial charge in [-0.3, -0.25) is 4.55 Å². The van der Waals surface area contributed by atoms with Crippen LogP contribution in [-0.2, 0) is 10.1 Å². The van der Waals surface area contributed by atoms with Crippen LogP contribution in [0.25, 0.3) is 11.1 Å². The third kappa shape index (κ3) is 3.60. The fourth-order valence-corrected chi connectivity index (χ4v) is 3.13. The molecule has 0 saturated carbocycles. The molecule has 0 bridgehead atoms. The van der Waals surface area contributed by atoms with E-state index in [9.17, 15) is 13.0 Å². The predicted octanol–water partition coefficient (Wildman–Crippen LogP) is 0.595. The van der Waals surface area contributed by atoms with Crippen LogP contribution in [0, 0.1) is 6.92 Å². The molecule has 0 spiro atoms. The van der Waals surface area contributed by atoms with Crippen molar-refractivity contribution >= 4 is 10.1 Å². The van der Waals surface area contributed by atoms with Gasteiger partial charge in [0.1, 0.15) is 10.6 Å². The summed E-state index contributed by atoms with van der Waals surface area (Å²) in [5, 5.41) is 0. The number of hydrogen-bond donors (Lipinski definition) is 1. The Bertz CT molecular complexity index is 729. The maximum atomic E-state index is 11.6. The zero-order valence-corrected chi connectivity index (χ0v) is 15.8. The van der Waals surface area contributed by atoms with Crippen LogP contribution in [0.2, 0.25) is 0 Å². The quantitative estimate of drug-likeness (QED) is 0.665. The molecule has 0 atom stereocenters. The van der Waals surface area contributed by atoms with Crippen molar-refractivity contribution in [3.05, 3.63) is 35.4 Å². The standard InChI is InChI=1S/C15H18O4S.Na.H/c1-9(2)11-5-6-13(19-4)15-10(3)7-14(12(15)8-11)20(16,17)18;;/h5-9H,1-4H3,(H,16,17,18);;/q;+1;-1. The van der Waals surface area contributed by atoms with E-state index in [0.717, 1.165) is 11.1 Å². The molecule has 0 amide bonds. The summed E-state index contributed by atoms with van der Waals surface area (Å²) < 4.78 is 37.9. The Labute approximate surface area is 149 Å². The molecule has 2 aliphatic rings. The third-order valence-electron chi connectivity index (χ3n) is 3.43. The largest absolute Gasteiger partial charge is 1.00 e. The second-order valence-corrected chi connectivity index (χ2v) is 6.55. The first-order valence-electron chi connectivity index (χ1n) is 6.34. The summed E-state index contributed by atoms with van der Waals surface area (Å²) in [6, 6.07) is 7.03. The fourth-order valence-electron chi connectivity index (χ4n) is 2.37. The van der Waals surface area contributed by atoms with Gasteiger partial charge >= 0.3 is 29.6 Å². The van der Waals surface area contributed by atoms with Crippen LogP contribution in [0.3, 0.4) is 0 Å². The molecule has 0 unspecified atom stereocenters. The van der Waals surface area contributed by atoms with Gasteiger partial charge in [-0.05, 0) is 42.2 Å². The molecule has 0 heterocycles. The predicted molar refractivity (Wildman–Crippen MR) is 79.4 cm³/mol. The van der Waals surface area contributed by atoms with Crippen molar-refractivity contribution in [1.82, 2.24) is 0 Å². The normalized spacial score (nSPS) is 11.5. The van der Waals surface area contributed by atoms with E-state index in [1.165, 1.54) is 6.07 Å². The second kappa shape index (κ2) is 6.67. The van der Waals surface area contributed by atoms with E-state index in [1.54, 1.807) is 20.1 Å². The van der Waals surface area contributed by atoms with E-state index in [0.29, 0.717) is 16.9 Å². The van der Waals surface area contributed by atoms with Crippen LogP contribution in [0.1, 0.15) is 32.3 Å². The number of hydrogen-bond acceptors (Lipinski definition) is 3. The van der Waals surface area contributed by atoms with Gasteiger partial charge in [0.25, 0.3) is 10.1 Å². The molecule has 0 aromatic carbocycles. The van der Waals surface area contributed by atoms with Gasteiger partial charge in [0.15, 0.2) is 0 Å². The Morgan fingerprint density at radius 3 is 2.33 bits per heavy atom. The molecular formula is C15H19NaO4S. The molecule has 21 heavy (non-hydrogen) atoms. The van der Waals surface area contributed by atoms with E-state index in [4.69, 9.17) is 4.74 Å². The first kappa shape index (κ1) is 18.5. The minimum absolute atomic E-state index is 0. The van der Waals surface area contributed by atoms with Gasteiger partial charge in [-0.1, -0.05) is 19.9 Å². The number of rotatable bonds is 3. The molecule has 0 radical (unpaired) electrons. The van der Waals surface area contributed by atoms with Crippen LogP contribution in [0.4, 0.5) is 0 Å². The molecule has 1 N–H and O–H groups in total. The van der Waals surface area contributed by atoms with Gasteiger partial charge in [-0.15, -0.1) is 0 Å². The van der Waals surface area contributed by atoms with E-state index >= 15 is 0 Å². The summed E-state index contributed by atoms with van der Waals surface area (Å²) in [6.45, 7) is 5.85. The molecule has 2 rings (SSSR count). The molecule has 2 aliphatic carbocycles. The fraction of sp³-hybridized carbons (Fsp3) is 0.333. The molecule has 4 nitrogen and oxygen atoms in total. The summed E-state index contributed by atoms with van der Waals surface area (Å²) in [4.78, 5) is -0.0681. The molecule has 110 valence electrons. The van der Waals surface area contributed by atoms with E-state index < -0.39 is 10.1 Å². The van der Waals surface area contributed by atoms with Gasteiger partial charge in [0.2, 0.25) is 0 Å². The summed E-state index contributed by atoms with van der Waals surface area (Å²) in [5.41, 5.74) is 2.95. The summed E-state index contributed by atoms with van der Waals surface area (Å²) >= 11 is 0. The number of aryl methyl sites for hydroxylation is 1. The topological polar surface area (TPSA) is 63.6 Å². The first-order valence-corrected chi connectivity index (χ1v) is 7.78. The van der Waals surface area contributed by atoms with Gasteiger partial charge in [-0.2, -0.15) is 8.42 Å². The number of ether oxygens (including phenoxy) is 1. The summed E-state index contributed by atoms with van der Waals surface area (Å²) in [6.07, 6.45) is 0. The summed E-state index contributed by atoms with van der Waals surface area (Å²) in [7, 11) is -2.72. The number of fused-ring (bicyclic) bond motifs is 1. The summed E-state index contributed by atoms with van der Waals surface area (Å²) in [5.74, 6) is 0.832. The average molecular weight is 318 g/mol. The number of methoxy groups -OCH3 is 1. The zero-order valence-electron chi connectivity index (χ0n) is 14.0. The van der Waals surface area contributed by atoms with Gasteiger partial charge in [-0.25, -0.2) is 0 Å². The molecule has 0 aromatic rings. The van der Waals surface area contributed by atoms with Crippen LogP contribution in [0.15, 0.2) is 29.2 Å². The molecule has 0 saturated heterocycles. The Kier molecular flexibility index (Phi) is 5.86.